The molecule has 0 aliphatic rings. The molecule has 132 valence electrons. The van der Waals surface area contributed by atoms with E-state index in [1.165, 1.54) is 0 Å². The molecule has 3 rings (SSSR count). The van der Waals surface area contributed by atoms with E-state index in [0.717, 1.165) is 16.5 Å². The van der Waals surface area contributed by atoms with Gasteiger partial charge in [-0.05, 0) is 48.9 Å². The van der Waals surface area contributed by atoms with Gasteiger partial charge in [0.1, 0.15) is 11.4 Å². The van der Waals surface area contributed by atoms with Gasteiger partial charge in [-0.3, -0.25) is 4.79 Å². The maximum Gasteiger partial charge on any atom is 0.272 e. The second kappa shape index (κ2) is 6.98. The third-order valence-corrected chi connectivity index (χ3v) is 3.72. The van der Waals surface area contributed by atoms with Gasteiger partial charge in [0.05, 0.1) is 5.71 Å². The van der Waals surface area contributed by atoms with E-state index in [9.17, 15) is 9.90 Å². The Balaban J connectivity index is 1.74. The van der Waals surface area contributed by atoms with E-state index >= 15 is 0 Å². The van der Waals surface area contributed by atoms with Gasteiger partial charge in [0.2, 0.25) is 5.96 Å². The Morgan fingerprint density at radius 3 is 2.50 bits per heavy atom. The largest absolute Gasteiger partial charge is 0.508 e. The van der Waals surface area contributed by atoms with Crippen LogP contribution in [0.25, 0.3) is 10.9 Å². The van der Waals surface area contributed by atoms with Gasteiger partial charge in [-0.1, -0.05) is 12.1 Å². The zero-order valence-corrected chi connectivity index (χ0v) is 14.0. The Hall–Kier alpha value is -3.81. The summed E-state index contributed by atoms with van der Waals surface area (Å²) in [5.41, 5.74) is 13.8. The number of amides is 1. The first-order valence-electron chi connectivity index (χ1n) is 7.79. The van der Waals surface area contributed by atoms with Crippen molar-refractivity contribution in [3.8, 4) is 5.75 Å². The summed E-state index contributed by atoms with van der Waals surface area (Å²) in [4.78, 5) is 15.4. The number of rotatable bonds is 4. The first-order valence-corrected chi connectivity index (χ1v) is 7.79. The van der Waals surface area contributed by atoms with Crippen LogP contribution in [0.5, 0.6) is 5.75 Å². The van der Waals surface area contributed by atoms with Crippen molar-refractivity contribution < 1.29 is 9.90 Å². The van der Waals surface area contributed by atoms with Crippen molar-refractivity contribution in [2.24, 2.45) is 21.7 Å². The van der Waals surface area contributed by atoms with Crippen molar-refractivity contribution >= 4 is 34.2 Å². The standard InChI is InChI=1S/C18H18N6O2/c1-10(23-24-18(19)20)11-2-4-13(5-3-11)21-17(26)16-9-12-8-14(25)6-7-15(12)22-16/h2-9,22,25H,1H3,(H,21,26)(H4,19,20,24). The molecule has 3 aromatic rings. The second-order valence-electron chi connectivity index (χ2n) is 5.70. The minimum Gasteiger partial charge on any atom is -0.508 e. The summed E-state index contributed by atoms with van der Waals surface area (Å²) in [6, 6.07) is 13.7. The van der Waals surface area contributed by atoms with Crippen LogP contribution < -0.4 is 16.8 Å². The van der Waals surface area contributed by atoms with Gasteiger partial charge in [-0.25, -0.2) is 0 Å². The molecule has 1 aromatic heterocycles. The maximum atomic E-state index is 12.4. The summed E-state index contributed by atoms with van der Waals surface area (Å²) in [6.07, 6.45) is 0. The molecule has 2 aromatic carbocycles. The quantitative estimate of drug-likeness (QED) is 0.279. The number of aromatic nitrogens is 1. The van der Waals surface area contributed by atoms with E-state index in [1.54, 1.807) is 55.5 Å². The maximum absolute atomic E-state index is 12.4. The van der Waals surface area contributed by atoms with Gasteiger partial charge in [-0.2, -0.15) is 5.10 Å². The molecule has 7 N–H and O–H groups in total. The van der Waals surface area contributed by atoms with E-state index in [1.807, 2.05) is 0 Å². The highest BCUT2D eigenvalue weighted by Crippen LogP contribution is 2.21. The number of hydrogen-bond donors (Lipinski definition) is 5. The predicted molar refractivity (Wildman–Crippen MR) is 102 cm³/mol. The summed E-state index contributed by atoms with van der Waals surface area (Å²) in [5.74, 6) is -0.240. The molecule has 26 heavy (non-hydrogen) atoms. The molecule has 0 saturated heterocycles. The number of H-pyrrole nitrogens is 1. The molecule has 0 saturated carbocycles. The van der Waals surface area contributed by atoms with Crippen LogP contribution in [0.4, 0.5) is 5.69 Å². The monoisotopic (exact) mass is 350 g/mol. The Kier molecular flexibility index (Phi) is 4.57. The number of phenolic OH excluding ortho intramolecular Hbond substituents is 1. The first kappa shape index (κ1) is 17.0. The average Bonchev–Trinajstić information content (AvgIpc) is 3.03. The lowest BCUT2D eigenvalue weighted by Crippen LogP contribution is -2.22. The summed E-state index contributed by atoms with van der Waals surface area (Å²) < 4.78 is 0. The number of carbonyl (C=O) groups is 1. The lowest BCUT2D eigenvalue weighted by atomic mass is 10.1. The van der Waals surface area contributed by atoms with Gasteiger partial charge in [-0.15, -0.1) is 5.10 Å². The summed E-state index contributed by atoms with van der Waals surface area (Å²) in [6.45, 7) is 1.78. The summed E-state index contributed by atoms with van der Waals surface area (Å²) in [5, 5.41) is 20.6. The van der Waals surface area contributed by atoms with Crippen LogP contribution in [0, 0.1) is 0 Å². The van der Waals surface area contributed by atoms with Gasteiger partial charge in [0, 0.05) is 16.6 Å². The summed E-state index contributed by atoms with van der Waals surface area (Å²) >= 11 is 0. The highest BCUT2D eigenvalue weighted by molar-refractivity contribution is 6.06. The number of benzene rings is 2. The normalized spacial score (nSPS) is 11.3. The van der Waals surface area contributed by atoms with Gasteiger partial charge >= 0.3 is 0 Å². The zero-order valence-electron chi connectivity index (χ0n) is 14.0. The highest BCUT2D eigenvalue weighted by atomic mass is 16.3. The summed E-state index contributed by atoms with van der Waals surface area (Å²) in [7, 11) is 0. The van der Waals surface area contributed by atoms with Crippen LogP contribution in [0.3, 0.4) is 0 Å². The van der Waals surface area contributed by atoms with Crippen molar-refractivity contribution in [1.29, 1.82) is 0 Å². The number of fused-ring (bicyclic) bond motifs is 1. The van der Waals surface area contributed by atoms with Crippen LogP contribution in [0.15, 0.2) is 58.7 Å². The Bertz CT molecular complexity index is 1010. The molecule has 0 unspecified atom stereocenters. The fourth-order valence-electron chi connectivity index (χ4n) is 2.43. The van der Waals surface area contributed by atoms with E-state index in [4.69, 9.17) is 11.5 Å². The molecule has 1 heterocycles. The first-order chi connectivity index (χ1) is 12.4. The average molecular weight is 350 g/mol. The molecule has 0 radical (unpaired) electrons. The topological polar surface area (TPSA) is 142 Å². The van der Waals surface area contributed by atoms with Crippen molar-refractivity contribution in [2.45, 2.75) is 6.92 Å². The van der Waals surface area contributed by atoms with E-state index in [0.29, 0.717) is 17.1 Å². The van der Waals surface area contributed by atoms with Gasteiger partial charge in [0.25, 0.3) is 5.91 Å². The second-order valence-corrected chi connectivity index (χ2v) is 5.70. The third-order valence-electron chi connectivity index (χ3n) is 3.72. The van der Waals surface area contributed by atoms with Gasteiger partial charge < -0.3 is 26.9 Å². The van der Waals surface area contributed by atoms with Crippen molar-refractivity contribution in [3.05, 3.63) is 59.8 Å². The molecule has 0 fully saturated rings. The van der Waals surface area contributed by atoms with Crippen LogP contribution in [0.1, 0.15) is 23.0 Å². The molecule has 0 bridgehead atoms. The number of phenols is 1. The van der Waals surface area contributed by atoms with E-state index in [2.05, 4.69) is 20.5 Å². The van der Waals surface area contributed by atoms with E-state index < -0.39 is 0 Å². The number of guanidine groups is 1. The third kappa shape index (κ3) is 3.81. The molecule has 0 aliphatic carbocycles. The molecule has 1 amide bonds. The highest BCUT2D eigenvalue weighted by Gasteiger charge is 2.10. The molecule has 0 spiro atoms. The number of aromatic hydroxyl groups is 1. The lowest BCUT2D eigenvalue weighted by molar-refractivity contribution is 0.102. The minimum absolute atomic E-state index is 0.111. The number of anilines is 1. The molecular weight excluding hydrogens is 332 g/mol. The molecular formula is C18H18N6O2. The van der Waals surface area contributed by atoms with Crippen molar-refractivity contribution in [2.75, 3.05) is 5.32 Å². The molecule has 8 nitrogen and oxygen atoms in total. The lowest BCUT2D eigenvalue weighted by Gasteiger charge is -2.05. The Morgan fingerprint density at radius 1 is 1.08 bits per heavy atom. The van der Waals surface area contributed by atoms with Crippen LogP contribution in [-0.4, -0.2) is 27.7 Å². The van der Waals surface area contributed by atoms with Crippen molar-refractivity contribution in [1.82, 2.24) is 4.98 Å². The number of aromatic amines is 1. The van der Waals surface area contributed by atoms with Crippen molar-refractivity contribution in [3.63, 3.8) is 0 Å². The molecule has 8 heteroatoms. The fraction of sp³-hybridized carbons (Fsp3) is 0.0556. The SMILES string of the molecule is CC(=NN=C(N)N)c1ccc(NC(=O)c2cc3cc(O)ccc3[nH]2)cc1. The van der Waals surface area contributed by atoms with Gasteiger partial charge in [0.15, 0.2) is 0 Å². The van der Waals surface area contributed by atoms with E-state index in [-0.39, 0.29) is 17.6 Å². The number of nitrogens with zero attached hydrogens (tertiary/aromatic N) is 2. The fourth-order valence-corrected chi connectivity index (χ4v) is 2.43. The Labute approximate surface area is 149 Å². The van der Waals surface area contributed by atoms with Crippen LogP contribution >= 0.6 is 0 Å². The number of nitrogens with two attached hydrogens (primary N) is 2. The molecule has 0 aliphatic heterocycles. The smallest absolute Gasteiger partial charge is 0.272 e. The predicted octanol–water partition coefficient (Wildman–Crippen LogP) is 2.12. The number of carbonyl (C=O) groups excluding carboxylic acids is 1. The number of hydrogen-bond acceptors (Lipinski definition) is 4. The minimum atomic E-state index is -0.278. The Morgan fingerprint density at radius 2 is 1.81 bits per heavy atom. The van der Waals surface area contributed by atoms with Crippen LogP contribution in [0.2, 0.25) is 0 Å². The van der Waals surface area contributed by atoms with Crippen LogP contribution in [-0.2, 0) is 0 Å². The molecule has 0 atom stereocenters. The number of nitrogens with one attached hydrogen (secondary N) is 2. The zero-order chi connectivity index (χ0) is 18.7.